The SMILES string of the molecule is CC(C)(O)C1(C(=O)NCc2cc(C(F)(F)F)cc(C(F)(F)F)c2)CCC(N2CCC(c3ccc(F)cc3)CC2)C1. The molecule has 0 radical (unpaired) electrons. The van der Waals surface area contributed by atoms with Gasteiger partial charge in [-0.1, -0.05) is 12.1 Å². The van der Waals surface area contributed by atoms with Gasteiger partial charge in [-0.15, -0.1) is 0 Å². The number of likely N-dealkylation sites (tertiary alicyclic amines) is 1. The van der Waals surface area contributed by atoms with E-state index in [2.05, 4.69) is 10.2 Å². The highest BCUT2D eigenvalue weighted by Gasteiger charge is 2.55. The Balaban J connectivity index is 1.45. The molecule has 0 aromatic heterocycles. The number of piperidine rings is 1. The van der Waals surface area contributed by atoms with Crippen LogP contribution in [0.3, 0.4) is 0 Å². The minimum absolute atomic E-state index is 0.0169. The van der Waals surface area contributed by atoms with Gasteiger partial charge in [0.05, 0.1) is 22.1 Å². The van der Waals surface area contributed by atoms with Crippen molar-refractivity contribution >= 4 is 5.91 Å². The molecule has 2 aromatic rings. The van der Waals surface area contributed by atoms with Crippen LogP contribution >= 0.6 is 0 Å². The molecular weight excluding hydrogens is 541 g/mol. The third-order valence-electron chi connectivity index (χ3n) is 8.58. The summed E-state index contributed by atoms with van der Waals surface area (Å²) in [5.41, 5.74) is -4.91. The van der Waals surface area contributed by atoms with E-state index in [0.29, 0.717) is 31.4 Å². The average Bonchev–Trinajstić information content (AvgIpc) is 3.34. The van der Waals surface area contributed by atoms with Gasteiger partial charge in [0.15, 0.2) is 0 Å². The molecule has 2 fully saturated rings. The van der Waals surface area contributed by atoms with E-state index < -0.39 is 46.9 Å². The van der Waals surface area contributed by atoms with E-state index in [1.165, 1.54) is 26.0 Å². The molecule has 40 heavy (non-hydrogen) atoms. The lowest BCUT2D eigenvalue weighted by Gasteiger charge is -2.41. The molecule has 2 atom stereocenters. The van der Waals surface area contributed by atoms with E-state index in [-0.39, 0.29) is 29.4 Å². The van der Waals surface area contributed by atoms with Crippen LogP contribution in [0.1, 0.15) is 74.1 Å². The van der Waals surface area contributed by atoms with Crippen LogP contribution in [0.4, 0.5) is 30.7 Å². The van der Waals surface area contributed by atoms with E-state index >= 15 is 0 Å². The van der Waals surface area contributed by atoms with Crippen LogP contribution in [-0.4, -0.2) is 40.6 Å². The summed E-state index contributed by atoms with van der Waals surface area (Å²) in [4.78, 5) is 15.7. The normalized spacial score (nSPS) is 23.4. The van der Waals surface area contributed by atoms with Gasteiger partial charge in [-0.25, -0.2) is 4.39 Å². The Morgan fingerprint density at radius 1 is 0.950 bits per heavy atom. The number of nitrogens with one attached hydrogen (secondary N) is 1. The Morgan fingerprint density at radius 2 is 1.50 bits per heavy atom. The van der Waals surface area contributed by atoms with Gasteiger partial charge in [0.1, 0.15) is 5.82 Å². The quantitative estimate of drug-likeness (QED) is 0.379. The second-order valence-electron chi connectivity index (χ2n) is 11.5. The van der Waals surface area contributed by atoms with Gasteiger partial charge in [-0.05, 0) is 106 Å². The maximum Gasteiger partial charge on any atom is 0.416 e. The van der Waals surface area contributed by atoms with Gasteiger partial charge in [-0.2, -0.15) is 26.3 Å². The van der Waals surface area contributed by atoms with Gasteiger partial charge in [0.25, 0.3) is 0 Å². The molecular formula is C29H33F7N2O2. The van der Waals surface area contributed by atoms with Crippen molar-refractivity contribution in [3.8, 4) is 0 Å². The van der Waals surface area contributed by atoms with Crippen molar-refractivity contribution in [1.29, 1.82) is 0 Å². The Bertz CT molecular complexity index is 1160. The van der Waals surface area contributed by atoms with Crippen LogP contribution in [0.15, 0.2) is 42.5 Å². The number of halogens is 7. The van der Waals surface area contributed by atoms with Crippen molar-refractivity contribution in [3.63, 3.8) is 0 Å². The number of nitrogens with zero attached hydrogens (tertiary/aromatic N) is 1. The first-order chi connectivity index (χ1) is 18.5. The molecule has 1 saturated carbocycles. The predicted molar refractivity (Wildman–Crippen MR) is 135 cm³/mol. The molecule has 4 rings (SSSR count). The summed E-state index contributed by atoms with van der Waals surface area (Å²) in [5, 5.41) is 13.6. The Labute approximate surface area is 228 Å². The summed E-state index contributed by atoms with van der Waals surface area (Å²) in [6, 6.07) is 7.68. The highest BCUT2D eigenvalue weighted by atomic mass is 19.4. The first-order valence-corrected chi connectivity index (χ1v) is 13.3. The standard InChI is InChI=1S/C29H33F7N2O2/c1-26(2,40)27(25(39)37-17-18-13-21(28(31,32)33)15-22(14-18)29(34,35)36)10-7-24(16-27)38-11-8-20(9-12-38)19-3-5-23(30)6-4-19/h3-6,13-15,20,24,40H,7-12,16-17H2,1-2H3,(H,37,39). The highest BCUT2D eigenvalue weighted by Crippen LogP contribution is 2.49. The number of benzene rings is 2. The zero-order valence-electron chi connectivity index (χ0n) is 22.3. The van der Waals surface area contributed by atoms with Gasteiger partial charge in [0.2, 0.25) is 5.91 Å². The van der Waals surface area contributed by atoms with Crippen LogP contribution in [-0.2, 0) is 23.7 Å². The number of hydrogen-bond donors (Lipinski definition) is 2. The molecule has 11 heteroatoms. The lowest BCUT2D eigenvalue weighted by atomic mass is 9.71. The lowest BCUT2D eigenvalue weighted by Crippen LogP contribution is -2.53. The number of carbonyl (C=O) groups is 1. The van der Waals surface area contributed by atoms with Crippen molar-refractivity contribution in [2.24, 2.45) is 5.41 Å². The van der Waals surface area contributed by atoms with Crippen molar-refractivity contribution in [2.45, 2.75) is 82.4 Å². The summed E-state index contributed by atoms with van der Waals surface area (Å²) < 4.78 is 92.8. The fraction of sp³-hybridized carbons (Fsp3) is 0.552. The number of carbonyl (C=O) groups excluding carboxylic acids is 1. The van der Waals surface area contributed by atoms with Crippen molar-refractivity contribution in [2.75, 3.05) is 13.1 Å². The Morgan fingerprint density at radius 3 is 2.00 bits per heavy atom. The first-order valence-electron chi connectivity index (χ1n) is 13.3. The minimum atomic E-state index is -4.99. The van der Waals surface area contributed by atoms with E-state index in [1.807, 2.05) is 0 Å². The molecule has 2 unspecified atom stereocenters. The second kappa shape index (κ2) is 11.0. The van der Waals surface area contributed by atoms with E-state index in [0.717, 1.165) is 31.5 Å². The summed E-state index contributed by atoms with van der Waals surface area (Å²) in [6.45, 7) is 3.96. The summed E-state index contributed by atoms with van der Waals surface area (Å²) in [6.07, 6.45) is -7.04. The molecule has 1 heterocycles. The van der Waals surface area contributed by atoms with Crippen molar-refractivity contribution in [1.82, 2.24) is 10.2 Å². The number of aliphatic hydroxyl groups is 1. The molecule has 0 spiro atoms. The number of rotatable bonds is 6. The van der Waals surface area contributed by atoms with Gasteiger partial charge in [0, 0.05) is 12.6 Å². The second-order valence-corrected chi connectivity index (χ2v) is 11.5. The highest BCUT2D eigenvalue weighted by molar-refractivity contribution is 5.84. The largest absolute Gasteiger partial charge is 0.416 e. The van der Waals surface area contributed by atoms with Gasteiger partial charge in [-0.3, -0.25) is 4.79 Å². The topological polar surface area (TPSA) is 52.6 Å². The Hall–Kier alpha value is -2.66. The fourth-order valence-electron chi connectivity index (χ4n) is 6.18. The lowest BCUT2D eigenvalue weighted by molar-refractivity contribution is -0.147. The monoisotopic (exact) mass is 574 g/mol. The first kappa shape index (κ1) is 30.3. The molecule has 2 aromatic carbocycles. The average molecular weight is 575 g/mol. The van der Waals surface area contributed by atoms with E-state index in [1.54, 1.807) is 12.1 Å². The summed E-state index contributed by atoms with van der Waals surface area (Å²) >= 11 is 0. The molecule has 1 amide bonds. The van der Waals surface area contributed by atoms with E-state index in [9.17, 15) is 40.6 Å². The molecule has 0 bridgehead atoms. The van der Waals surface area contributed by atoms with Crippen LogP contribution in [0, 0.1) is 11.2 Å². The van der Waals surface area contributed by atoms with Crippen LogP contribution in [0.5, 0.6) is 0 Å². The van der Waals surface area contributed by atoms with Crippen LogP contribution < -0.4 is 5.32 Å². The molecule has 1 saturated heterocycles. The predicted octanol–water partition coefficient (Wildman–Crippen LogP) is 6.67. The molecule has 1 aliphatic heterocycles. The molecule has 2 N–H and O–H groups in total. The zero-order chi connectivity index (χ0) is 29.5. The molecule has 2 aliphatic rings. The smallest absolute Gasteiger partial charge is 0.389 e. The van der Waals surface area contributed by atoms with Crippen LogP contribution in [0.2, 0.25) is 0 Å². The molecule has 1 aliphatic carbocycles. The maximum absolute atomic E-state index is 13.5. The van der Waals surface area contributed by atoms with Gasteiger partial charge >= 0.3 is 12.4 Å². The number of hydrogen-bond acceptors (Lipinski definition) is 3. The fourth-order valence-corrected chi connectivity index (χ4v) is 6.18. The number of alkyl halides is 6. The Kier molecular flexibility index (Phi) is 8.31. The summed E-state index contributed by atoms with van der Waals surface area (Å²) in [7, 11) is 0. The third kappa shape index (κ3) is 6.46. The van der Waals surface area contributed by atoms with Crippen molar-refractivity contribution < 1.29 is 40.6 Å². The summed E-state index contributed by atoms with van der Waals surface area (Å²) in [5.74, 6) is -0.605. The zero-order valence-corrected chi connectivity index (χ0v) is 22.3. The third-order valence-corrected chi connectivity index (χ3v) is 8.58. The number of amides is 1. The van der Waals surface area contributed by atoms with Gasteiger partial charge < -0.3 is 15.3 Å². The van der Waals surface area contributed by atoms with E-state index in [4.69, 9.17) is 0 Å². The van der Waals surface area contributed by atoms with Crippen molar-refractivity contribution in [3.05, 3.63) is 70.5 Å². The molecule has 4 nitrogen and oxygen atoms in total. The minimum Gasteiger partial charge on any atom is -0.389 e. The maximum atomic E-state index is 13.5. The molecule has 220 valence electrons. The van der Waals surface area contributed by atoms with Crippen LogP contribution in [0.25, 0.3) is 0 Å².